The van der Waals surface area contributed by atoms with Crippen molar-refractivity contribution in [1.29, 1.82) is 0 Å². The van der Waals surface area contributed by atoms with Gasteiger partial charge in [-0.2, -0.15) is 0 Å². The van der Waals surface area contributed by atoms with Crippen molar-refractivity contribution in [1.82, 2.24) is 0 Å². The number of carbonyl (C=O) groups excluding carboxylic acids is 1. The van der Waals surface area contributed by atoms with Crippen LogP contribution in [-0.2, 0) is 4.79 Å². The predicted molar refractivity (Wildman–Crippen MR) is 142 cm³/mol. The fourth-order valence-corrected chi connectivity index (χ4v) is 3.38. The van der Waals surface area contributed by atoms with Crippen LogP contribution in [0.4, 0.5) is 11.4 Å². The monoisotopic (exact) mass is 443 g/mol. The molecule has 4 aromatic rings. The zero-order chi connectivity index (χ0) is 23.6. The Labute approximate surface area is 200 Å². The number of anilines is 2. The molecule has 0 bridgehead atoms. The third kappa shape index (κ3) is 6.21. The SMILES string of the molecule is C=CC(=O)Oc1ccc(C=Cc2ccc(N(C=Cc3ccccc3)c3ccccc3)cc2)cc1. The van der Waals surface area contributed by atoms with Crippen LogP contribution in [0.25, 0.3) is 18.2 Å². The highest BCUT2D eigenvalue weighted by Crippen LogP contribution is 2.27. The number of carbonyl (C=O) groups is 1. The maximum Gasteiger partial charge on any atom is 0.335 e. The van der Waals surface area contributed by atoms with Crippen LogP contribution in [0.2, 0.25) is 0 Å². The molecule has 0 spiro atoms. The van der Waals surface area contributed by atoms with Crippen molar-refractivity contribution in [3.63, 3.8) is 0 Å². The fourth-order valence-electron chi connectivity index (χ4n) is 3.38. The minimum atomic E-state index is -0.466. The average molecular weight is 444 g/mol. The van der Waals surface area contributed by atoms with E-state index in [1.165, 1.54) is 0 Å². The van der Waals surface area contributed by atoms with Crippen LogP contribution >= 0.6 is 0 Å². The molecule has 0 aliphatic rings. The lowest BCUT2D eigenvalue weighted by Gasteiger charge is -2.21. The first-order valence-corrected chi connectivity index (χ1v) is 11.0. The van der Waals surface area contributed by atoms with Gasteiger partial charge in [0, 0.05) is 23.7 Å². The molecular formula is C31H25NO2. The average Bonchev–Trinajstić information content (AvgIpc) is 2.90. The topological polar surface area (TPSA) is 29.5 Å². The number of hydrogen-bond acceptors (Lipinski definition) is 3. The molecular weight excluding hydrogens is 418 g/mol. The number of ether oxygens (including phenoxy) is 1. The summed E-state index contributed by atoms with van der Waals surface area (Å²) in [5.74, 6) is 0.0301. The zero-order valence-corrected chi connectivity index (χ0v) is 18.7. The number of para-hydroxylation sites is 1. The summed E-state index contributed by atoms with van der Waals surface area (Å²) in [5, 5.41) is 0. The molecule has 34 heavy (non-hydrogen) atoms. The number of nitrogens with zero attached hydrogens (tertiary/aromatic N) is 1. The summed E-state index contributed by atoms with van der Waals surface area (Å²) in [7, 11) is 0. The van der Waals surface area contributed by atoms with E-state index >= 15 is 0 Å². The fraction of sp³-hybridized carbons (Fsp3) is 0. The maximum atomic E-state index is 11.3. The number of esters is 1. The highest BCUT2D eigenvalue weighted by atomic mass is 16.5. The van der Waals surface area contributed by atoms with Crippen LogP contribution in [0, 0.1) is 0 Å². The number of benzene rings is 4. The van der Waals surface area contributed by atoms with Crippen LogP contribution in [-0.4, -0.2) is 5.97 Å². The molecule has 0 N–H and O–H groups in total. The lowest BCUT2D eigenvalue weighted by molar-refractivity contribution is -0.128. The maximum absolute atomic E-state index is 11.3. The molecule has 166 valence electrons. The minimum absolute atomic E-state index is 0.466. The Morgan fingerprint density at radius 1 is 0.618 bits per heavy atom. The van der Waals surface area contributed by atoms with Crippen molar-refractivity contribution in [3.05, 3.63) is 145 Å². The summed E-state index contributed by atoms with van der Waals surface area (Å²) in [6.45, 7) is 3.40. The third-order valence-corrected chi connectivity index (χ3v) is 5.15. The van der Waals surface area contributed by atoms with Crippen molar-refractivity contribution >= 4 is 35.6 Å². The minimum Gasteiger partial charge on any atom is -0.423 e. The van der Waals surface area contributed by atoms with E-state index in [1.807, 2.05) is 54.6 Å². The van der Waals surface area contributed by atoms with Crippen LogP contribution in [0.3, 0.4) is 0 Å². The predicted octanol–water partition coefficient (Wildman–Crippen LogP) is 7.76. The van der Waals surface area contributed by atoms with E-state index in [2.05, 4.69) is 78.4 Å². The molecule has 3 heteroatoms. The summed E-state index contributed by atoms with van der Waals surface area (Å²) in [5.41, 5.74) is 5.41. The second kappa shape index (κ2) is 11.3. The summed E-state index contributed by atoms with van der Waals surface area (Å²) < 4.78 is 5.11. The van der Waals surface area contributed by atoms with Gasteiger partial charge in [0.2, 0.25) is 0 Å². The van der Waals surface area contributed by atoms with Gasteiger partial charge in [0.25, 0.3) is 0 Å². The van der Waals surface area contributed by atoms with Gasteiger partial charge >= 0.3 is 5.97 Å². The Kier molecular flexibility index (Phi) is 7.50. The van der Waals surface area contributed by atoms with Gasteiger partial charge in [-0.05, 0) is 59.2 Å². The molecule has 0 aliphatic carbocycles. The Balaban J connectivity index is 1.50. The lowest BCUT2D eigenvalue weighted by atomic mass is 10.1. The van der Waals surface area contributed by atoms with Gasteiger partial charge in [0.1, 0.15) is 5.75 Å². The first-order chi connectivity index (χ1) is 16.7. The van der Waals surface area contributed by atoms with Gasteiger partial charge in [0.15, 0.2) is 0 Å². The summed E-state index contributed by atoms with van der Waals surface area (Å²) in [6, 6.07) is 36.3. The molecule has 3 nitrogen and oxygen atoms in total. The van der Waals surface area contributed by atoms with E-state index in [4.69, 9.17) is 4.74 Å². The normalized spacial score (nSPS) is 10.9. The molecule has 0 fully saturated rings. The van der Waals surface area contributed by atoms with Gasteiger partial charge < -0.3 is 9.64 Å². The van der Waals surface area contributed by atoms with Gasteiger partial charge in [-0.15, -0.1) is 0 Å². The van der Waals surface area contributed by atoms with E-state index in [0.717, 1.165) is 34.1 Å². The second-order valence-corrected chi connectivity index (χ2v) is 7.55. The number of hydrogen-bond donors (Lipinski definition) is 0. The highest BCUT2D eigenvalue weighted by Gasteiger charge is 2.06. The molecule has 0 radical (unpaired) electrons. The quantitative estimate of drug-likeness (QED) is 0.121. The molecule has 0 saturated carbocycles. The van der Waals surface area contributed by atoms with E-state index in [0.29, 0.717) is 5.75 Å². The van der Waals surface area contributed by atoms with Crippen molar-refractivity contribution in [2.24, 2.45) is 0 Å². The second-order valence-electron chi connectivity index (χ2n) is 7.55. The molecule has 4 aromatic carbocycles. The van der Waals surface area contributed by atoms with Crippen LogP contribution in [0.5, 0.6) is 5.75 Å². The van der Waals surface area contributed by atoms with Gasteiger partial charge in [0.05, 0.1) is 0 Å². The van der Waals surface area contributed by atoms with E-state index < -0.39 is 5.97 Å². The van der Waals surface area contributed by atoms with E-state index in [1.54, 1.807) is 12.1 Å². The van der Waals surface area contributed by atoms with Crippen molar-refractivity contribution < 1.29 is 9.53 Å². The smallest absolute Gasteiger partial charge is 0.335 e. The summed E-state index contributed by atoms with van der Waals surface area (Å²) >= 11 is 0. The van der Waals surface area contributed by atoms with E-state index in [-0.39, 0.29) is 0 Å². The Hall–Kier alpha value is -4.63. The largest absolute Gasteiger partial charge is 0.423 e. The third-order valence-electron chi connectivity index (χ3n) is 5.15. The van der Waals surface area contributed by atoms with Crippen molar-refractivity contribution in [2.45, 2.75) is 0 Å². The molecule has 0 saturated heterocycles. The van der Waals surface area contributed by atoms with E-state index in [9.17, 15) is 4.79 Å². The Morgan fingerprint density at radius 3 is 1.71 bits per heavy atom. The Bertz CT molecular complexity index is 1270. The first kappa shape index (κ1) is 22.6. The van der Waals surface area contributed by atoms with Gasteiger partial charge in [-0.25, -0.2) is 4.79 Å². The molecule has 0 amide bonds. The van der Waals surface area contributed by atoms with Crippen LogP contribution in [0.15, 0.2) is 128 Å². The van der Waals surface area contributed by atoms with Gasteiger partial charge in [-0.1, -0.05) is 91.5 Å². The standard InChI is InChI=1S/C31H25NO2/c1-2-31(33)34-30-21-17-27(18-22-30)14-13-26-15-19-29(20-16-26)32(28-11-7-4-8-12-28)24-23-25-9-5-3-6-10-25/h2-24H,1H2. The summed E-state index contributed by atoms with van der Waals surface area (Å²) in [6.07, 6.45) is 9.43. The zero-order valence-electron chi connectivity index (χ0n) is 18.7. The molecule has 4 rings (SSSR count). The van der Waals surface area contributed by atoms with Crippen LogP contribution < -0.4 is 9.64 Å². The first-order valence-electron chi connectivity index (χ1n) is 11.0. The molecule has 0 aromatic heterocycles. The van der Waals surface area contributed by atoms with Crippen LogP contribution in [0.1, 0.15) is 16.7 Å². The lowest BCUT2D eigenvalue weighted by Crippen LogP contribution is -2.07. The molecule has 0 unspecified atom stereocenters. The molecule has 0 aliphatic heterocycles. The number of rotatable bonds is 8. The molecule has 0 heterocycles. The van der Waals surface area contributed by atoms with Crippen molar-refractivity contribution in [2.75, 3.05) is 4.90 Å². The van der Waals surface area contributed by atoms with Gasteiger partial charge in [-0.3, -0.25) is 0 Å². The highest BCUT2D eigenvalue weighted by molar-refractivity contribution is 5.83. The summed E-state index contributed by atoms with van der Waals surface area (Å²) in [4.78, 5) is 13.5. The molecule has 0 atom stereocenters. The Morgan fingerprint density at radius 2 is 1.12 bits per heavy atom. The van der Waals surface area contributed by atoms with Crippen molar-refractivity contribution in [3.8, 4) is 5.75 Å².